The Labute approximate surface area is 174 Å². The molecule has 2 aliphatic carbocycles. The van der Waals surface area contributed by atoms with Crippen molar-refractivity contribution in [2.75, 3.05) is 0 Å². The van der Waals surface area contributed by atoms with Crippen LogP contribution in [0, 0.1) is 35.0 Å². The summed E-state index contributed by atoms with van der Waals surface area (Å²) in [5.74, 6) is 2.93. The van der Waals surface area contributed by atoms with Crippen LogP contribution in [0.4, 0.5) is 0 Å². The third-order valence-corrected chi connectivity index (χ3v) is 6.50. The van der Waals surface area contributed by atoms with Gasteiger partial charge in [-0.25, -0.2) is 4.98 Å². The molecule has 2 atom stereocenters. The van der Waals surface area contributed by atoms with E-state index in [-0.39, 0.29) is 0 Å². The third-order valence-electron chi connectivity index (χ3n) is 6.29. The van der Waals surface area contributed by atoms with Gasteiger partial charge in [0.15, 0.2) is 0 Å². The predicted molar refractivity (Wildman–Crippen MR) is 114 cm³/mol. The summed E-state index contributed by atoms with van der Waals surface area (Å²) in [5, 5.41) is 9.38. The number of rotatable bonds is 3. The average molecular weight is 396 g/mol. The summed E-state index contributed by atoms with van der Waals surface area (Å²) in [4.78, 5) is 8.78. The minimum absolute atomic E-state index is 0.523. The van der Waals surface area contributed by atoms with E-state index in [0.717, 1.165) is 31.1 Å². The van der Waals surface area contributed by atoms with Crippen molar-refractivity contribution in [3.63, 3.8) is 0 Å². The van der Waals surface area contributed by atoms with E-state index in [1.54, 1.807) is 0 Å². The Morgan fingerprint density at radius 2 is 1.68 bits per heavy atom. The quantitative estimate of drug-likeness (QED) is 0.633. The number of nitriles is 1. The standard InChI is InChI=1S/C13H16N2.C11H14ClN/c1-9(2)11-7-12-10(3-5-14)4-6-15-13(12)8-11;1-7(2)9-5-8-3-4-11(12)13-10(8)6-9/h4,6,9,11H,3,7-8H2,1-2H3;3-4,7,9H,5-6H2,1-2H3. The largest absolute Gasteiger partial charge is 0.261 e. The normalized spacial score (nSPS) is 19.8. The highest BCUT2D eigenvalue weighted by atomic mass is 35.5. The van der Waals surface area contributed by atoms with Crippen LogP contribution in [0.3, 0.4) is 0 Å². The second-order valence-electron chi connectivity index (χ2n) is 8.79. The van der Waals surface area contributed by atoms with E-state index >= 15 is 0 Å². The van der Waals surface area contributed by atoms with E-state index in [4.69, 9.17) is 16.9 Å². The first kappa shape index (κ1) is 20.8. The minimum Gasteiger partial charge on any atom is -0.261 e. The molecule has 0 bridgehead atoms. The lowest BCUT2D eigenvalue weighted by Crippen LogP contribution is -2.07. The van der Waals surface area contributed by atoms with Crippen molar-refractivity contribution in [2.24, 2.45) is 23.7 Å². The lowest BCUT2D eigenvalue weighted by molar-refractivity contribution is 0.402. The fraction of sp³-hybridized carbons (Fsp3) is 0.542. The van der Waals surface area contributed by atoms with Gasteiger partial charge in [0.05, 0.1) is 12.5 Å². The van der Waals surface area contributed by atoms with E-state index in [1.807, 2.05) is 18.3 Å². The van der Waals surface area contributed by atoms with E-state index in [0.29, 0.717) is 23.4 Å². The van der Waals surface area contributed by atoms with Crippen LogP contribution in [0.15, 0.2) is 24.4 Å². The molecule has 2 aromatic heterocycles. The van der Waals surface area contributed by atoms with E-state index in [9.17, 15) is 0 Å². The second-order valence-corrected chi connectivity index (χ2v) is 9.18. The number of pyridine rings is 2. The summed E-state index contributed by atoms with van der Waals surface area (Å²) < 4.78 is 0. The summed E-state index contributed by atoms with van der Waals surface area (Å²) in [6.45, 7) is 9.08. The summed E-state index contributed by atoms with van der Waals surface area (Å²) in [6.07, 6.45) is 6.85. The highest BCUT2D eigenvalue weighted by Gasteiger charge is 2.27. The van der Waals surface area contributed by atoms with E-state index in [2.05, 4.69) is 49.8 Å². The number of halogens is 1. The molecule has 4 rings (SSSR count). The molecule has 0 N–H and O–H groups in total. The Morgan fingerprint density at radius 3 is 2.36 bits per heavy atom. The van der Waals surface area contributed by atoms with Crippen molar-refractivity contribution in [1.29, 1.82) is 5.26 Å². The molecule has 3 nitrogen and oxygen atoms in total. The summed E-state index contributed by atoms with van der Waals surface area (Å²) >= 11 is 5.84. The van der Waals surface area contributed by atoms with Crippen LogP contribution >= 0.6 is 11.6 Å². The maximum absolute atomic E-state index is 8.76. The van der Waals surface area contributed by atoms with Crippen LogP contribution in [0.5, 0.6) is 0 Å². The third kappa shape index (κ3) is 4.73. The lowest BCUT2D eigenvalue weighted by Gasteiger charge is -2.12. The zero-order valence-electron chi connectivity index (χ0n) is 17.4. The Bertz CT molecular complexity index is 867. The fourth-order valence-electron chi connectivity index (χ4n) is 4.25. The first-order valence-electron chi connectivity index (χ1n) is 10.4. The molecule has 2 unspecified atom stereocenters. The number of nitrogens with zero attached hydrogens (tertiary/aromatic N) is 3. The van der Waals surface area contributed by atoms with Crippen LogP contribution in [-0.2, 0) is 32.1 Å². The van der Waals surface area contributed by atoms with Gasteiger partial charge in [-0.3, -0.25) is 4.98 Å². The van der Waals surface area contributed by atoms with Crippen LogP contribution in [0.1, 0.15) is 55.8 Å². The minimum atomic E-state index is 0.523. The van der Waals surface area contributed by atoms with Crippen molar-refractivity contribution in [1.82, 2.24) is 9.97 Å². The predicted octanol–water partition coefficient (Wildman–Crippen LogP) is 5.62. The molecule has 0 saturated heterocycles. The van der Waals surface area contributed by atoms with Gasteiger partial charge in [0.1, 0.15) is 5.15 Å². The summed E-state index contributed by atoms with van der Waals surface area (Å²) in [6, 6.07) is 8.23. The molecule has 0 aromatic carbocycles. The van der Waals surface area contributed by atoms with Gasteiger partial charge in [0.2, 0.25) is 0 Å². The Balaban J connectivity index is 0.000000162. The molecular weight excluding hydrogens is 366 g/mol. The first-order chi connectivity index (χ1) is 13.4. The molecular formula is C24H30ClN3. The topological polar surface area (TPSA) is 49.6 Å². The van der Waals surface area contributed by atoms with Gasteiger partial charge >= 0.3 is 0 Å². The molecule has 0 saturated carbocycles. The van der Waals surface area contributed by atoms with E-state index < -0.39 is 0 Å². The zero-order valence-corrected chi connectivity index (χ0v) is 18.1. The van der Waals surface area contributed by atoms with Crippen molar-refractivity contribution in [2.45, 2.75) is 59.8 Å². The smallest absolute Gasteiger partial charge is 0.129 e. The second kappa shape index (κ2) is 9.05. The number of hydrogen-bond acceptors (Lipinski definition) is 3. The Hall–Kier alpha value is -1.92. The van der Waals surface area contributed by atoms with Crippen LogP contribution in [0.2, 0.25) is 5.15 Å². The highest BCUT2D eigenvalue weighted by molar-refractivity contribution is 6.29. The molecule has 0 amide bonds. The van der Waals surface area contributed by atoms with Gasteiger partial charge in [0, 0.05) is 17.6 Å². The Kier molecular flexibility index (Phi) is 6.73. The van der Waals surface area contributed by atoms with Gasteiger partial charge in [-0.15, -0.1) is 0 Å². The van der Waals surface area contributed by atoms with Crippen LogP contribution in [0.25, 0.3) is 0 Å². The highest BCUT2D eigenvalue weighted by Crippen LogP contribution is 2.32. The van der Waals surface area contributed by atoms with Gasteiger partial charge in [-0.2, -0.15) is 5.26 Å². The molecule has 148 valence electrons. The monoisotopic (exact) mass is 395 g/mol. The van der Waals surface area contributed by atoms with Crippen molar-refractivity contribution in [3.8, 4) is 6.07 Å². The van der Waals surface area contributed by atoms with Crippen molar-refractivity contribution in [3.05, 3.63) is 57.6 Å². The molecule has 0 aliphatic heterocycles. The number of hydrogen-bond donors (Lipinski definition) is 0. The van der Waals surface area contributed by atoms with Crippen LogP contribution < -0.4 is 0 Å². The Morgan fingerprint density at radius 1 is 1.00 bits per heavy atom. The molecule has 0 fully saturated rings. The number of aromatic nitrogens is 2. The molecule has 4 heteroatoms. The maximum atomic E-state index is 8.76. The van der Waals surface area contributed by atoms with Gasteiger partial charge in [-0.1, -0.05) is 45.4 Å². The fourth-order valence-corrected chi connectivity index (χ4v) is 4.42. The maximum Gasteiger partial charge on any atom is 0.129 e. The molecule has 0 radical (unpaired) electrons. The van der Waals surface area contributed by atoms with Crippen molar-refractivity contribution < 1.29 is 0 Å². The van der Waals surface area contributed by atoms with Crippen LogP contribution in [-0.4, -0.2) is 9.97 Å². The van der Waals surface area contributed by atoms with Gasteiger partial charge in [-0.05, 0) is 78.2 Å². The molecule has 2 heterocycles. The lowest BCUT2D eigenvalue weighted by atomic mass is 9.93. The molecule has 2 aliphatic rings. The van der Waals surface area contributed by atoms with E-state index in [1.165, 1.54) is 34.5 Å². The van der Waals surface area contributed by atoms with Gasteiger partial charge < -0.3 is 0 Å². The van der Waals surface area contributed by atoms with Gasteiger partial charge in [0.25, 0.3) is 0 Å². The van der Waals surface area contributed by atoms with Crippen molar-refractivity contribution >= 4 is 11.6 Å². The molecule has 28 heavy (non-hydrogen) atoms. The average Bonchev–Trinajstić information content (AvgIpc) is 3.27. The SMILES string of the molecule is CC(C)C1Cc2ccc(Cl)nc2C1.CC(C)C1Cc2nccc(CC#N)c2C1. The summed E-state index contributed by atoms with van der Waals surface area (Å²) in [7, 11) is 0. The summed E-state index contributed by atoms with van der Waals surface area (Å²) in [5.41, 5.74) is 6.36. The first-order valence-corrected chi connectivity index (χ1v) is 10.7. The molecule has 2 aromatic rings. The number of fused-ring (bicyclic) bond motifs is 2. The zero-order chi connectivity index (χ0) is 20.3. The molecule has 0 spiro atoms.